The number of pyridine rings is 2. The van der Waals surface area contributed by atoms with Gasteiger partial charge in [0.25, 0.3) is 11.8 Å². The van der Waals surface area contributed by atoms with Gasteiger partial charge in [0.1, 0.15) is 23.1 Å². The summed E-state index contributed by atoms with van der Waals surface area (Å²) in [6.45, 7) is -0.00444. The minimum atomic E-state index is -4.66. The number of nitrogens with zero attached hydrogens (tertiary/aromatic N) is 2. The van der Waals surface area contributed by atoms with Crippen LogP contribution >= 0.6 is 0 Å². The van der Waals surface area contributed by atoms with Crippen molar-refractivity contribution < 1.29 is 32.0 Å². The van der Waals surface area contributed by atoms with Crippen molar-refractivity contribution in [2.24, 2.45) is 5.92 Å². The number of hydrogen-bond donors (Lipinski definition) is 3. The van der Waals surface area contributed by atoms with Crippen LogP contribution in [-0.2, 0) is 17.5 Å². The van der Waals surface area contributed by atoms with E-state index in [0.29, 0.717) is 17.0 Å². The minimum Gasteiger partial charge on any atom is -0.449 e. The second kappa shape index (κ2) is 12.1. The number of likely N-dealkylation sites (N-methyl/N-ethyl adjacent to an activating group) is 1. The first-order chi connectivity index (χ1) is 18.7. The fraction of sp³-hybridized carbons (Fsp3) is 0.370. The summed E-state index contributed by atoms with van der Waals surface area (Å²) in [5, 5.41) is 7.96. The molecule has 3 aromatic rings. The molecule has 3 aromatic heterocycles. The fourth-order valence-electron chi connectivity index (χ4n) is 4.54. The maximum absolute atomic E-state index is 12.9. The van der Waals surface area contributed by atoms with Gasteiger partial charge < -0.3 is 20.4 Å². The van der Waals surface area contributed by atoms with Crippen LogP contribution in [0.25, 0.3) is 11.5 Å². The molecular weight excluding hydrogens is 515 g/mol. The van der Waals surface area contributed by atoms with E-state index in [-0.39, 0.29) is 29.8 Å². The highest BCUT2D eigenvalue weighted by molar-refractivity contribution is 5.96. The fourth-order valence-corrected chi connectivity index (χ4v) is 4.54. The topological polar surface area (TPSA) is 126 Å². The van der Waals surface area contributed by atoms with Crippen LogP contribution in [-0.4, -0.2) is 40.8 Å². The summed E-state index contributed by atoms with van der Waals surface area (Å²) in [5.74, 6) is -1.17. The van der Waals surface area contributed by atoms with E-state index >= 15 is 0 Å². The second-order valence-corrected chi connectivity index (χ2v) is 9.27. The third-order valence-corrected chi connectivity index (χ3v) is 6.57. The van der Waals surface area contributed by atoms with Gasteiger partial charge in [-0.15, -0.1) is 0 Å². The van der Waals surface area contributed by atoms with Crippen LogP contribution < -0.4 is 16.0 Å². The molecule has 1 fully saturated rings. The monoisotopic (exact) mass is 543 g/mol. The highest BCUT2D eigenvalue weighted by Crippen LogP contribution is 2.28. The molecule has 1 saturated carbocycles. The number of aromatic nitrogens is 2. The molecule has 4 rings (SSSR count). The Hall–Kier alpha value is -4.22. The summed E-state index contributed by atoms with van der Waals surface area (Å²) >= 11 is 0. The lowest BCUT2D eigenvalue weighted by molar-refractivity contribution is -0.141. The standard InChI is InChI=1S/C27H28F3N5O4/c1-31-26(38)23(17-6-3-2-4-7-17)35-25(37)21-11-10-20(39-21)19-14-16(12-13-32-19)15-33-24(36)18-8-5-9-22(34-18)27(28,29)30/h5,8-14,17,23H,2-4,6-7,15H2,1H3,(H,31,38)(H,33,36)(H,35,37). The zero-order valence-corrected chi connectivity index (χ0v) is 21.2. The van der Waals surface area contributed by atoms with E-state index in [4.69, 9.17) is 4.42 Å². The molecule has 0 bridgehead atoms. The summed E-state index contributed by atoms with van der Waals surface area (Å²) in [4.78, 5) is 45.3. The Balaban J connectivity index is 1.41. The maximum atomic E-state index is 12.9. The van der Waals surface area contributed by atoms with Gasteiger partial charge in [-0.2, -0.15) is 13.2 Å². The Morgan fingerprint density at radius 3 is 2.54 bits per heavy atom. The summed E-state index contributed by atoms with van der Waals surface area (Å²) in [6, 6.07) is 8.75. The Kier molecular flexibility index (Phi) is 8.62. The molecule has 1 unspecified atom stereocenters. The van der Waals surface area contributed by atoms with Crippen LogP contribution in [0.4, 0.5) is 13.2 Å². The highest BCUT2D eigenvalue weighted by atomic mass is 19.4. The number of carbonyl (C=O) groups excluding carboxylic acids is 3. The Morgan fingerprint density at radius 2 is 1.82 bits per heavy atom. The molecule has 3 N–H and O–H groups in total. The lowest BCUT2D eigenvalue weighted by Crippen LogP contribution is -2.50. The normalized spacial score (nSPS) is 14.9. The average molecular weight is 544 g/mol. The van der Waals surface area contributed by atoms with E-state index in [1.54, 1.807) is 18.2 Å². The summed E-state index contributed by atoms with van der Waals surface area (Å²) in [7, 11) is 1.53. The second-order valence-electron chi connectivity index (χ2n) is 9.27. The quantitative estimate of drug-likeness (QED) is 0.393. The van der Waals surface area contributed by atoms with E-state index in [9.17, 15) is 27.6 Å². The summed E-state index contributed by atoms with van der Waals surface area (Å²) < 4.78 is 44.4. The van der Waals surface area contributed by atoms with Gasteiger partial charge in [0, 0.05) is 19.8 Å². The van der Waals surface area contributed by atoms with E-state index in [1.807, 2.05) is 0 Å². The van der Waals surface area contributed by atoms with Crippen LogP contribution in [0.15, 0.2) is 53.1 Å². The van der Waals surface area contributed by atoms with Crippen LogP contribution in [0.2, 0.25) is 0 Å². The summed E-state index contributed by atoms with van der Waals surface area (Å²) in [6.07, 6.45) is 1.68. The van der Waals surface area contributed by atoms with Gasteiger partial charge in [0.15, 0.2) is 11.5 Å². The van der Waals surface area contributed by atoms with Gasteiger partial charge in [0.05, 0.1) is 0 Å². The molecular formula is C27H28F3N5O4. The first-order valence-electron chi connectivity index (χ1n) is 12.6. The first-order valence-corrected chi connectivity index (χ1v) is 12.6. The van der Waals surface area contributed by atoms with Crippen LogP contribution in [0.5, 0.6) is 0 Å². The number of amides is 3. The molecule has 0 spiro atoms. The Morgan fingerprint density at radius 1 is 1.05 bits per heavy atom. The molecule has 9 nitrogen and oxygen atoms in total. The number of nitrogens with one attached hydrogen (secondary N) is 3. The predicted molar refractivity (Wildman–Crippen MR) is 134 cm³/mol. The van der Waals surface area contributed by atoms with Crippen molar-refractivity contribution in [3.8, 4) is 11.5 Å². The van der Waals surface area contributed by atoms with Crippen molar-refractivity contribution in [3.05, 3.63) is 71.4 Å². The van der Waals surface area contributed by atoms with Crippen molar-refractivity contribution in [2.45, 2.75) is 50.9 Å². The van der Waals surface area contributed by atoms with E-state index in [0.717, 1.165) is 44.2 Å². The predicted octanol–water partition coefficient (Wildman–Crippen LogP) is 4.11. The maximum Gasteiger partial charge on any atom is 0.433 e. The molecule has 206 valence electrons. The molecule has 1 atom stereocenters. The van der Waals surface area contributed by atoms with Crippen LogP contribution in [0.3, 0.4) is 0 Å². The molecule has 39 heavy (non-hydrogen) atoms. The molecule has 3 heterocycles. The molecule has 1 aliphatic rings. The average Bonchev–Trinajstić information content (AvgIpc) is 3.45. The number of carbonyl (C=O) groups is 3. The minimum absolute atomic E-state index is 0.00444. The van der Waals surface area contributed by atoms with Crippen molar-refractivity contribution in [1.82, 2.24) is 25.9 Å². The number of halogens is 3. The van der Waals surface area contributed by atoms with E-state index < -0.39 is 29.7 Å². The highest BCUT2D eigenvalue weighted by Gasteiger charge is 2.33. The smallest absolute Gasteiger partial charge is 0.433 e. The van der Waals surface area contributed by atoms with Crippen molar-refractivity contribution in [1.29, 1.82) is 0 Å². The molecule has 0 aliphatic heterocycles. The largest absolute Gasteiger partial charge is 0.449 e. The van der Waals surface area contributed by atoms with Crippen LogP contribution in [0.1, 0.15) is 64.4 Å². The zero-order valence-electron chi connectivity index (χ0n) is 21.2. The van der Waals surface area contributed by atoms with E-state index in [2.05, 4.69) is 25.9 Å². The molecule has 0 saturated heterocycles. The lowest BCUT2D eigenvalue weighted by Gasteiger charge is -2.29. The van der Waals surface area contributed by atoms with Crippen molar-refractivity contribution >= 4 is 17.7 Å². The lowest BCUT2D eigenvalue weighted by atomic mass is 9.83. The van der Waals surface area contributed by atoms with Gasteiger partial charge in [-0.1, -0.05) is 25.3 Å². The van der Waals surface area contributed by atoms with Crippen molar-refractivity contribution in [3.63, 3.8) is 0 Å². The number of rotatable bonds is 8. The molecule has 0 radical (unpaired) electrons. The zero-order chi connectivity index (χ0) is 28.0. The van der Waals surface area contributed by atoms with Crippen LogP contribution in [0, 0.1) is 5.92 Å². The van der Waals surface area contributed by atoms with Gasteiger partial charge >= 0.3 is 6.18 Å². The van der Waals surface area contributed by atoms with Gasteiger partial charge in [-0.05, 0) is 60.7 Å². The van der Waals surface area contributed by atoms with Gasteiger partial charge in [-0.25, -0.2) is 4.98 Å². The molecule has 0 aromatic carbocycles. The number of alkyl halides is 3. The Bertz CT molecular complexity index is 1330. The first kappa shape index (κ1) is 27.8. The molecule has 12 heteroatoms. The van der Waals surface area contributed by atoms with Gasteiger partial charge in [0.2, 0.25) is 5.91 Å². The Labute approximate surface area is 222 Å². The third kappa shape index (κ3) is 7.01. The van der Waals surface area contributed by atoms with Gasteiger partial charge in [-0.3, -0.25) is 19.4 Å². The number of furan rings is 1. The SMILES string of the molecule is CNC(=O)C(NC(=O)c1ccc(-c2cc(CNC(=O)c3cccc(C(F)(F)F)n3)ccn2)o1)C1CCCCC1. The summed E-state index contributed by atoms with van der Waals surface area (Å²) in [5.41, 5.74) is -0.531. The third-order valence-electron chi connectivity index (χ3n) is 6.57. The molecule has 3 amide bonds. The van der Waals surface area contributed by atoms with Crippen molar-refractivity contribution in [2.75, 3.05) is 7.05 Å². The van der Waals surface area contributed by atoms with E-state index in [1.165, 1.54) is 25.4 Å². The number of hydrogen-bond acceptors (Lipinski definition) is 6. The molecule has 1 aliphatic carbocycles.